The van der Waals surface area contributed by atoms with Crippen molar-refractivity contribution < 1.29 is 27.9 Å². The SMILES string of the molecule is CCN(C(=O)Cc1ccccc1C(=O)O)C(C)c1cccc(C(F)(F)F)c1. The first kappa shape index (κ1) is 20.5. The van der Waals surface area contributed by atoms with Gasteiger partial charge < -0.3 is 10.0 Å². The van der Waals surface area contributed by atoms with Gasteiger partial charge in [0.25, 0.3) is 0 Å². The Labute approximate surface area is 155 Å². The van der Waals surface area contributed by atoms with E-state index in [9.17, 15) is 27.9 Å². The number of carboxylic acid groups (broad SMARTS) is 1. The Balaban J connectivity index is 2.26. The number of hydrogen-bond acceptors (Lipinski definition) is 2. The van der Waals surface area contributed by atoms with Crippen molar-refractivity contribution in [3.8, 4) is 0 Å². The van der Waals surface area contributed by atoms with E-state index in [1.807, 2.05) is 0 Å². The van der Waals surface area contributed by atoms with Gasteiger partial charge >= 0.3 is 12.1 Å². The molecule has 0 fully saturated rings. The minimum atomic E-state index is -4.46. The summed E-state index contributed by atoms with van der Waals surface area (Å²) in [5, 5.41) is 9.24. The fourth-order valence-electron chi connectivity index (χ4n) is 2.97. The summed E-state index contributed by atoms with van der Waals surface area (Å²) < 4.78 is 38.8. The molecule has 0 spiro atoms. The summed E-state index contributed by atoms with van der Waals surface area (Å²) in [6, 6.07) is 10.5. The fraction of sp³-hybridized carbons (Fsp3) is 0.300. The van der Waals surface area contributed by atoms with Crippen molar-refractivity contribution in [1.29, 1.82) is 0 Å². The second-order valence-corrected chi connectivity index (χ2v) is 6.12. The van der Waals surface area contributed by atoms with Crippen LogP contribution in [0.1, 0.15) is 46.9 Å². The van der Waals surface area contributed by atoms with E-state index in [1.165, 1.54) is 17.0 Å². The average molecular weight is 379 g/mol. The van der Waals surface area contributed by atoms with E-state index in [-0.39, 0.29) is 24.4 Å². The molecule has 27 heavy (non-hydrogen) atoms. The molecular formula is C20H20F3NO3. The third-order valence-corrected chi connectivity index (χ3v) is 4.41. The zero-order valence-corrected chi connectivity index (χ0v) is 15.0. The Bertz CT molecular complexity index is 833. The molecule has 0 heterocycles. The van der Waals surface area contributed by atoms with E-state index in [0.29, 0.717) is 11.1 Å². The largest absolute Gasteiger partial charge is 0.478 e. The summed E-state index contributed by atoms with van der Waals surface area (Å²) in [5.74, 6) is -1.48. The van der Waals surface area contributed by atoms with Crippen LogP contribution in [-0.4, -0.2) is 28.4 Å². The molecule has 2 rings (SSSR count). The van der Waals surface area contributed by atoms with Crippen molar-refractivity contribution >= 4 is 11.9 Å². The molecule has 2 aromatic rings. The van der Waals surface area contributed by atoms with Crippen LogP contribution in [0.5, 0.6) is 0 Å². The summed E-state index contributed by atoms with van der Waals surface area (Å²) in [6.45, 7) is 3.66. The van der Waals surface area contributed by atoms with Crippen molar-refractivity contribution in [2.24, 2.45) is 0 Å². The Hall–Kier alpha value is -2.83. The average Bonchev–Trinajstić information content (AvgIpc) is 2.62. The lowest BCUT2D eigenvalue weighted by atomic mass is 10.0. The van der Waals surface area contributed by atoms with Crippen molar-refractivity contribution in [3.63, 3.8) is 0 Å². The van der Waals surface area contributed by atoms with Crippen molar-refractivity contribution in [2.45, 2.75) is 32.5 Å². The molecule has 0 saturated heterocycles. The van der Waals surface area contributed by atoms with Crippen LogP contribution in [0.4, 0.5) is 13.2 Å². The molecule has 0 aliphatic rings. The Morgan fingerprint density at radius 2 is 1.78 bits per heavy atom. The van der Waals surface area contributed by atoms with Gasteiger partial charge in [0.05, 0.1) is 23.6 Å². The number of carboxylic acids is 1. The fourth-order valence-corrected chi connectivity index (χ4v) is 2.97. The van der Waals surface area contributed by atoms with Gasteiger partial charge in [-0.3, -0.25) is 4.79 Å². The lowest BCUT2D eigenvalue weighted by molar-refractivity contribution is -0.137. The number of rotatable bonds is 6. The van der Waals surface area contributed by atoms with Crippen LogP contribution in [0.15, 0.2) is 48.5 Å². The normalized spacial score (nSPS) is 12.5. The zero-order chi connectivity index (χ0) is 20.2. The molecule has 0 saturated carbocycles. The van der Waals surface area contributed by atoms with Gasteiger partial charge in [0.15, 0.2) is 0 Å². The highest BCUT2D eigenvalue weighted by Gasteiger charge is 2.31. The quantitative estimate of drug-likeness (QED) is 0.801. The number of benzene rings is 2. The molecule has 1 amide bonds. The summed E-state index contributed by atoms with van der Waals surface area (Å²) in [7, 11) is 0. The molecule has 0 aliphatic heterocycles. The number of nitrogens with zero attached hydrogens (tertiary/aromatic N) is 1. The molecule has 0 aromatic heterocycles. The highest BCUT2D eigenvalue weighted by molar-refractivity contribution is 5.91. The molecular weight excluding hydrogens is 359 g/mol. The van der Waals surface area contributed by atoms with E-state index >= 15 is 0 Å². The summed E-state index contributed by atoms with van der Waals surface area (Å²) in [4.78, 5) is 25.5. The molecule has 2 aromatic carbocycles. The van der Waals surface area contributed by atoms with Crippen LogP contribution in [0, 0.1) is 0 Å². The standard InChI is InChI=1S/C20H20F3NO3/c1-3-24(13(2)14-8-6-9-16(11-14)20(21,22)23)18(25)12-15-7-4-5-10-17(15)19(26)27/h4-11,13H,3,12H2,1-2H3,(H,26,27). The second-order valence-electron chi connectivity index (χ2n) is 6.12. The van der Waals surface area contributed by atoms with Gasteiger partial charge in [-0.1, -0.05) is 30.3 Å². The third kappa shape index (κ3) is 4.87. The summed E-state index contributed by atoms with van der Waals surface area (Å²) in [6.07, 6.45) is -4.60. The molecule has 7 heteroatoms. The Morgan fingerprint density at radius 3 is 2.37 bits per heavy atom. The van der Waals surface area contributed by atoms with Gasteiger partial charge in [-0.25, -0.2) is 4.79 Å². The number of carbonyl (C=O) groups is 2. The van der Waals surface area contributed by atoms with Crippen LogP contribution in [0.25, 0.3) is 0 Å². The first-order valence-electron chi connectivity index (χ1n) is 8.43. The lowest BCUT2D eigenvalue weighted by Crippen LogP contribution is -2.35. The van der Waals surface area contributed by atoms with Gasteiger partial charge in [0.1, 0.15) is 0 Å². The monoisotopic (exact) mass is 379 g/mol. The number of aromatic carboxylic acids is 1. The van der Waals surface area contributed by atoms with Crippen LogP contribution in [0.3, 0.4) is 0 Å². The van der Waals surface area contributed by atoms with E-state index in [4.69, 9.17) is 0 Å². The minimum absolute atomic E-state index is 0.0358. The number of likely N-dealkylation sites (N-methyl/N-ethyl adjacent to an activating group) is 1. The van der Waals surface area contributed by atoms with Gasteiger partial charge in [-0.05, 0) is 43.2 Å². The first-order valence-corrected chi connectivity index (χ1v) is 8.43. The molecule has 1 unspecified atom stereocenters. The van der Waals surface area contributed by atoms with E-state index in [2.05, 4.69) is 0 Å². The summed E-state index contributed by atoms with van der Waals surface area (Å²) in [5.41, 5.74) is -0.00330. The van der Waals surface area contributed by atoms with Crippen LogP contribution >= 0.6 is 0 Å². The molecule has 0 bridgehead atoms. The van der Waals surface area contributed by atoms with E-state index < -0.39 is 23.8 Å². The molecule has 4 nitrogen and oxygen atoms in total. The lowest BCUT2D eigenvalue weighted by Gasteiger charge is -2.29. The Kier molecular flexibility index (Phi) is 6.25. The van der Waals surface area contributed by atoms with Gasteiger partial charge in [-0.15, -0.1) is 0 Å². The summed E-state index contributed by atoms with van der Waals surface area (Å²) >= 11 is 0. The number of halogens is 3. The minimum Gasteiger partial charge on any atom is -0.478 e. The van der Waals surface area contributed by atoms with E-state index in [1.54, 1.807) is 38.1 Å². The van der Waals surface area contributed by atoms with Crippen LogP contribution in [-0.2, 0) is 17.4 Å². The van der Waals surface area contributed by atoms with Gasteiger partial charge in [0, 0.05) is 6.54 Å². The Morgan fingerprint density at radius 1 is 1.11 bits per heavy atom. The molecule has 1 N–H and O–H groups in total. The van der Waals surface area contributed by atoms with Crippen LogP contribution < -0.4 is 0 Å². The highest BCUT2D eigenvalue weighted by atomic mass is 19.4. The first-order chi connectivity index (χ1) is 12.6. The number of hydrogen-bond donors (Lipinski definition) is 1. The van der Waals surface area contributed by atoms with Crippen molar-refractivity contribution in [3.05, 3.63) is 70.8 Å². The van der Waals surface area contributed by atoms with Crippen molar-refractivity contribution in [2.75, 3.05) is 6.54 Å². The highest BCUT2D eigenvalue weighted by Crippen LogP contribution is 2.32. The number of amides is 1. The van der Waals surface area contributed by atoms with Crippen LogP contribution in [0.2, 0.25) is 0 Å². The third-order valence-electron chi connectivity index (χ3n) is 4.41. The maximum atomic E-state index is 12.9. The number of carbonyl (C=O) groups excluding carboxylic acids is 1. The second kappa shape index (κ2) is 8.24. The molecule has 1 atom stereocenters. The molecule has 0 radical (unpaired) electrons. The zero-order valence-electron chi connectivity index (χ0n) is 15.0. The smallest absolute Gasteiger partial charge is 0.416 e. The van der Waals surface area contributed by atoms with E-state index in [0.717, 1.165) is 12.1 Å². The van der Waals surface area contributed by atoms with Gasteiger partial charge in [0.2, 0.25) is 5.91 Å². The van der Waals surface area contributed by atoms with Gasteiger partial charge in [-0.2, -0.15) is 13.2 Å². The topological polar surface area (TPSA) is 57.6 Å². The number of alkyl halides is 3. The van der Waals surface area contributed by atoms with Crippen molar-refractivity contribution in [1.82, 2.24) is 4.90 Å². The molecule has 144 valence electrons. The maximum Gasteiger partial charge on any atom is 0.416 e. The predicted molar refractivity (Wildman–Crippen MR) is 94.4 cm³/mol. The maximum absolute atomic E-state index is 12.9. The molecule has 0 aliphatic carbocycles. The predicted octanol–water partition coefficient (Wildman–Crippen LogP) is 4.56.